The number of H-pyrrole nitrogens is 1. The third kappa shape index (κ3) is 2.30. The molecule has 0 aliphatic rings. The number of nitrogens with one attached hydrogen (secondary N) is 1. The van der Waals surface area contributed by atoms with Crippen LogP contribution in [0.25, 0.3) is 16.9 Å². The molecule has 0 bridgehead atoms. The predicted molar refractivity (Wildman–Crippen MR) is 88.3 cm³/mol. The second kappa shape index (κ2) is 5.31. The van der Waals surface area contributed by atoms with Crippen molar-refractivity contribution in [3.8, 4) is 5.69 Å². The molecule has 0 spiro atoms. The van der Waals surface area contributed by atoms with E-state index in [1.54, 1.807) is 6.20 Å². The van der Waals surface area contributed by atoms with Gasteiger partial charge in [0, 0.05) is 10.7 Å². The molecule has 0 unspecified atom stereocenters. The molecule has 0 fully saturated rings. The number of imidazole rings is 1. The largest absolute Gasteiger partial charge is 0.329 e. The highest BCUT2D eigenvalue weighted by atomic mass is 79.9. The van der Waals surface area contributed by atoms with Gasteiger partial charge in [-0.3, -0.25) is 4.57 Å². The van der Waals surface area contributed by atoms with E-state index in [-0.39, 0.29) is 0 Å². The summed E-state index contributed by atoms with van der Waals surface area (Å²) in [4.78, 5) is 7.55. The average Bonchev–Trinajstić information content (AvgIpc) is 2.73. The first-order valence-electron chi connectivity index (χ1n) is 6.15. The Morgan fingerprint density at radius 1 is 1.40 bits per heavy atom. The van der Waals surface area contributed by atoms with Gasteiger partial charge < -0.3 is 4.98 Å². The van der Waals surface area contributed by atoms with Crippen LogP contribution in [0.5, 0.6) is 0 Å². The average molecular weight is 369 g/mol. The quantitative estimate of drug-likeness (QED) is 0.641. The van der Waals surface area contributed by atoms with Crippen molar-refractivity contribution < 1.29 is 0 Å². The molecule has 0 aliphatic carbocycles. The number of fused-ring (bicyclic) bond motifs is 1. The Balaban J connectivity index is 2.35. The summed E-state index contributed by atoms with van der Waals surface area (Å²) in [6.45, 7) is 2.12. The van der Waals surface area contributed by atoms with Crippen molar-refractivity contribution in [1.82, 2.24) is 14.5 Å². The summed E-state index contributed by atoms with van der Waals surface area (Å²) in [5.41, 5.74) is 3.87. The molecule has 2 heterocycles. The molecule has 102 valence electrons. The number of rotatable bonds is 2. The van der Waals surface area contributed by atoms with Gasteiger partial charge >= 0.3 is 0 Å². The molecule has 6 heteroatoms. The van der Waals surface area contributed by atoms with Gasteiger partial charge in [0.1, 0.15) is 0 Å². The zero-order valence-electron chi connectivity index (χ0n) is 10.7. The molecular formula is C14H11BrClN3S. The number of pyridine rings is 1. The van der Waals surface area contributed by atoms with Crippen LogP contribution >= 0.6 is 39.7 Å². The molecule has 20 heavy (non-hydrogen) atoms. The summed E-state index contributed by atoms with van der Waals surface area (Å²) in [5, 5.41) is 0.590. The maximum Gasteiger partial charge on any atom is 0.184 e. The number of nitrogens with zero attached hydrogens (tertiary/aromatic N) is 2. The smallest absolute Gasteiger partial charge is 0.184 e. The molecule has 2 aromatic heterocycles. The van der Waals surface area contributed by atoms with Crippen molar-refractivity contribution in [1.29, 1.82) is 0 Å². The van der Waals surface area contributed by atoms with E-state index in [0.29, 0.717) is 9.79 Å². The lowest BCUT2D eigenvalue weighted by molar-refractivity contribution is 0.996. The van der Waals surface area contributed by atoms with E-state index in [1.165, 1.54) is 5.56 Å². The van der Waals surface area contributed by atoms with E-state index >= 15 is 0 Å². The van der Waals surface area contributed by atoms with Crippen molar-refractivity contribution in [2.75, 3.05) is 0 Å². The van der Waals surface area contributed by atoms with E-state index in [4.69, 9.17) is 23.8 Å². The van der Waals surface area contributed by atoms with Gasteiger partial charge in [0.15, 0.2) is 10.4 Å². The highest BCUT2D eigenvalue weighted by molar-refractivity contribution is 9.10. The van der Waals surface area contributed by atoms with Crippen molar-refractivity contribution >= 4 is 50.9 Å². The first-order chi connectivity index (χ1) is 9.60. The van der Waals surface area contributed by atoms with Crippen LogP contribution < -0.4 is 0 Å². The second-order valence-corrected chi connectivity index (χ2v) is 6.16. The lowest BCUT2D eigenvalue weighted by Crippen LogP contribution is -2.00. The molecule has 1 aromatic carbocycles. The van der Waals surface area contributed by atoms with Crippen LogP contribution in [0, 0.1) is 4.77 Å². The molecule has 0 saturated heterocycles. The SMILES string of the molecule is CCc1cc(Br)ccc1-n1c(=S)[nH]c2cc(Cl)cnc21. The predicted octanol–water partition coefficient (Wildman–Crippen LogP) is 5.06. The maximum atomic E-state index is 5.97. The Bertz CT molecular complexity index is 853. The molecule has 0 aliphatic heterocycles. The number of benzene rings is 1. The monoisotopic (exact) mass is 367 g/mol. The normalized spacial score (nSPS) is 11.2. The van der Waals surface area contributed by atoms with Crippen LogP contribution in [0.15, 0.2) is 34.9 Å². The van der Waals surface area contributed by atoms with Crippen LogP contribution in [0.2, 0.25) is 5.02 Å². The van der Waals surface area contributed by atoms with E-state index < -0.39 is 0 Å². The number of hydrogen-bond acceptors (Lipinski definition) is 2. The lowest BCUT2D eigenvalue weighted by Gasteiger charge is -2.10. The summed E-state index contributed by atoms with van der Waals surface area (Å²) < 4.78 is 3.62. The Morgan fingerprint density at radius 2 is 2.20 bits per heavy atom. The number of aryl methyl sites for hydroxylation is 1. The van der Waals surface area contributed by atoms with Crippen LogP contribution in [0.1, 0.15) is 12.5 Å². The summed E-state index contributed by atoms with van der Waals surface area (Å²) >= 11 is 14.9. The Hall–Kier alpha value is -1.17. The van der Waals surface area contributed by atoms with Gasteiger partial charge in [-0.25, -0.2) is 4.98 Å². The minimum absolute atomic E-state index is 0.590. The van der Waals surface area contributed by atoms with Crippen molar-refractivity contribution in [2.45, 2.75) is 13.3 Å². The highest BCUT2D eigenvalue weighted by Crippen LogP contribution is 2.25. The van der Waals surface area contributed by atoms with Crippen molar-refractivity contribution in [3.63, 3.8) is 0 Å². The number of hydrogen-bond donors (Lipinski definition) is 1. The summed E-state index contributed by atoms with van der Waals surface area (Å²) in [6, 6.07) is 7.99. The molecule has 0 atom stereocenters. The first kappa shape index (κ1) is 13.8. The first-order valence-corrected chi connectivity index (χ1v) is 7.73. The van der Waals surface area contributed by atoms with Gasteiger partial charge in [0.05, 0.1) is 16.2 Å². The van der Waals surface area contributed by atoms with Gasteiger partial charge in [-0.2, -0.15) is 0 Å². The molecule has 0 amide bonds. The van der Waals surface area contributed by atoms with E-state index in [0.717, 1.165) is 27.7 Å². The molecule has 1 N–H and O–H groups in total. The lowest BCUT2D eigenvalue weighted by atomic mass is 10.1. The molecule has 0 radical (unpaired) electrons. The van der Waals surface area contributed by atoms with Gasteiger partial charge in [0.2, 0.25) is 0 Å². The number of aromatic amines is 1. The fourth-order valence-corrected chi connectivity index (χ4v) is 3.11. The van der Waals surface area contributed by atoms with Crippen LogP contribution in [0.3, 0.4) is 0 Å². The Labute approximate surface area is 134 Å². The van der Waals surface area contributed by atoms with Crippen molar-refractivity contribution in [3.05, 3.63) is 50.3 Å². The maximum absolute atomic E-state index is 5.97. The van der Waals surface area contributed by atoms with Crippen molar-refractivity contribution in [2.24, 2.45) is 0 Å². The van der Waals surface area contributed by atoms with E-state index in [9.17, 15) is 0 Å². The fraction of sp³-hybridized carbons (Fsp3) is 0.143. The van der Waals surface area contributed by atoms with E-state index in [1.807, 2.05) is 22.8 Å². The summed E-state index contributed by atoms with van der Waals surface area (Å²) in [6.07, 6.45) is 2.55. The molecule has 0 saturated carbocycles. The topological polar surface area (TPSA) is 33.6 Å². The molecule has 3 nitrogen and oxygen atoms in total. The van der Waals surface area contributed by atoms with Crippen LogP contribution in [-0.4, -0.2) is 14.5 Å². The summed E-state index contributed by atoms with van der Waals surface area (Å²) in [7, 11) is 0. The van der Waals surface area contributed by atoms with Gasteiger partial charge in [0.25, 0.3) is 0 Å². The third-order valence-corrected chi connectivity index (χ3v) is 4.14. The minimum atomic E-state index is 0.590. The van der Waals surface area contributed by atoms with Gasteiger partial charge in [-0.1, -0.05) is 34.5 Å². The van der Waals surface area contributed by atoms with Gasteiger partial charge in [-0.05, 0) is 48.5 Å². The van der Waals surface area contributed by atoms with Crippen LogP contribution in [-0.2, 0) is 6.42 Å². The summed E-state index contributed by atoms with van der Waals surface area (Å²) in [5.74, 6) is 0. The zero-order chi connectivity index (χ0) is 14.3. The molecular weight excluding hydrogens is 358 g/mol. The zero-order valence-corrected chi connectivity index (χ0v) is 13.8. The third-order valence-electron chi connectivity index (χ3n) is 3.15. The fourth-order valence-electron chi connectivity index (χ4n) is 2.25. The Morgan fingerprint density at radius 3 is 2.95 bits per heavy atom. The minimum Gasteiger partial charge on any atom is -0.329 e. The number of halogens is 2. The molecule has 3 rings (SSSR count). The van der Waals surface area contributed by atoms with E-state index in [2.05, 4.69) is 38.9 Å². The van der Waals surface area contributed by atoms with Gasteiger partial charge in [-0.15, -0.1) is 0 Å². The van der Waals surface area contributed by atoms with Crippen LogP contribution in [0.4, 0.5) is 0 Å². The highest BCUT2D eigenvalue weighted by Gasteiger charge is 2.11. The second-order valence-electron chi connectivity index (χ2n) is 4.42. The number of aromatic nitrogens is 3. The Kier molecular flexibility index (Phi) is 3.67. The standard InChI is InChI=1S/C14H11BrClN3S/c1-2-8-5-9(15)3-4-12(8)19-13-11(18-14(19)20)6-10(16)7-17-13/h3-7H,2H2,1H3,(H,18,20). The molecule has 3 aromatic rings.